The van der Waals surface area contributed by atoms with Crippen molar-refractivity contribution in [1.82, 2.24) is 0 Å². The third kappa shape index (κ3) is 3.53. The van der Waals surface area contributed by atoms with Crippen molar-refractivity contribution in [2.75, 3.05) is 5.32 Å². The highest BCUT2D eigenvalue weighted by Gasteiger charge is 2.52. The largest absolute Gasteiger partial charge is 0.356 e. The smallest absolute Gasteiger partial charge is 0.0725 e. The molecule has 1 heteroatoms. The Morgan fingerprint density at radius 1 is 0.425 bits per heavy atom. The van der Waals surface area contributed by atoms with E-state index < -0.39 is 0 Å². The lowest BCUT2D eigenvalue weighted by Gasteiger charge is -2.32. The van der Waals surface area contributed by atoms with E-state index in [0.717, 1.165) is 11.4 Å². The molecule has 198 valence electrons. The summed E-state index contributed by atoms with van der Waals surface area (Å²) in [5.41, 5.74) is 15.7. The van der Waals surface area contributed by atoms with Crippen LogP contribution in [0, 0.1) is 0 Å². The van der Waals surface area contributed by atoms with E-state index in [2.05, 4.69) is 156 Å². The van der Waals surface area contributed by atoms with Crippen LogP contribution in [0.15, 0.2) is 109 Å². The standard InChI is InChI=1S/C39H37N/c1-37(2,3)25-16-19-30-31-20-17-26(38(4,5)6)23-36(31)39(35(30)22-25)33-15-11-10-14-29(33)32-24-28(18-21-34(32)39)40-27-12-8-7-9-13-27/h7-24,40H,1-6H3. The fourth-order valence-corrected chi connectivity index (χ4v) is 6.89. The molecular weight excluding hydrogens is 482 g/mol. The van der Waals surface area contributed by atoms with E-state index in [9.17, 15) is 0 Å². The lowest BCUT2D eigenvalue weighted by molar-refractivity contribution is 0.586. The second-order valence-electron chi connectivity index (χ2n) is 13.6. The van der Waals surface area contributed by atoms with Gasteiger partial charge in [-0.3, -0.25) is 0 Å². The molecule has 7 rings (SSSR count). The van der Waals surface area contributed by atoms with Crippen LogP contribution in [0.1, 0.15) is 74.9 Å². The Balaban J connectivity index is 1.55. The molecule has 0 atom stereocenters. The van der Waals surface area contributed by atoms with Gasteiger partial charge in [0.15, 0.2) is 0 Å². The van der Waals surface area contributed by atoms with Gasteiger partial charge in [-0.1, -0.05) is 126 Å². The van der Waals surface area contributed by atoms with Crippen LogP contribution < -0.4 is 5.32 Å². The van der Waals surface area contributed by atoms with Gasteiger partial charge in [0.25, 0.3) is 0 Å². The number of hydrogen-bond donors (Lipinski definition) is 1. The van der Waals surface area contributed by atoms with Gasteiger partial charge in [-0.05, 0) is 90.7 Å². The summed E-state index contributed by atoms with van der Waals surface area (Å²) < 4.78 is 0. The molecule has 0 radical (unpaired) electrons. The summed E-state index contributed by atoms with van der Waals surface area (Å²) in [5, 5.41) is 3.64. The molecule has 5 aromatic rings. The van der Waals surface area contributed by atoms with Gasteiger partial charge in [-0.2, -0.15) is 0 Å². The molecule has 0 aliphatic heterocycles. The van der Waals surface area contributed by atoms with Crippen molar-refractivity contribution in [3.8, 4) is 22.3 Å². The van der Waals surface area contributed by atoms with Gasteiger partial charge >= 0.3 is 0 Å². The lowest BCUT2D eigenvalue weighted by atomic mass is 9.69. The molecule has 2 aliphatic rings. The fraction of sp³-hybridized carbons (Fsp3) is 0.231. The van der Waals surface area contributed by atoms with E-state index in [1.165, 1.54) is 55.6 Å². The Bertz CT molecular complexity index is 1710. The minimum atomic E-state index is -0.343. The molecule has 2 aliphatic carbocycles. The molecule has 40 heavy (non-hydrogen) atoms. The Hall–Kier alpha value is -4.10. The predicted molar refractivity (Wildman–Crippen MR) is 170 cm³/mol. The highest BCUT2D eigenvalue weighted by atomic mass is 14.9. The van der Waals surface area contributed by atoms with Gasteiger partial charge in [-0.25, -0.2) is 0 Å². The molecule has 0 unspecified atom stereocenters. The van der Waals surface area contributed by atoms with E-state index >= 15 is 0 Å². The van der Waals surface area contributed by atoms with Crippen LogP contribution in [-0.4, -0.2) is 0 Å². The number of fused-ring (bicyclic) bond motifs is 10. The van der Waals surface area contributed by atoms with Gasteiger partial charge in [-0.15, -0.1) is 0 Å². The normalized spacial score (nSPS) is 14.4. The zero-order valence-electron chi connectivity index (χ0n) is 24.4. The van der Waals surface area contributed by atoms with Gasteiger partial charge in [0, 0.05) is 11.4 Å². The van der Waals surface area contributed by atoms with Crippen molar-refractivity contribution in [2.24, 2.45) is 0 Å². The minimum Gasteiger partial charge on any atom is -0.356 e. The average Bonchev–Trinajstić information content (AvgIpc) is 3.39. The lowest BCUT2D eigenvalue weighted by Crippen LogP contribution is -2.27. The maximum absolute atomic E-state index is 3.64. The van der Waals surface area contributed by atoms with E-state index in [0.29, 0.717) is 0 Å². The predicted octanol–water partition coefficient (Wildman–Crippen LogP) is 10.4. The quantitative estimate of drug-likeness (QED) is 0.239. The van der Waals surface area contributed by atoms with Gasteiger partial charge in [0.1, 0.15) is 0 Å². The van der Waals surface area contributed by atoms with Crippen molar-refractivity contribution in [2.45, 2.75) is 57.8 Å². The number of hydrogen-bond acceptors (Lipinski definition) is 1. The van der Waals surface area contributed by atoms with E-state index in [-0.39, 0.29) is 16.2 Å². The highest BCUT2D eigenvalue weighted by molar-refractivity contribution is 5.96. The summed E-state index contributed by atoms with van der Waals surface area (Å²) in [4.78, 5) is 0. The van der Waals surface area contributed by atoms with Crippen LogP contribution in [0.3, 0.4) is 0 Å². The van der Waals surface area contributed by atoms with Crippen LogP contribution in [0.2, 0.25) is 0 Å². The van der Waals surface area contributed by atoms with Crippen LogP contribution in [0.25, 0.3) is 22.3 Å². The monoisotopic (exact) mass is 519 g/mol. The highest BCUT2D eigenvalue weighted by Crippen LogP contribution is 2.63. The van der Waals surface area contributed by atoms with E-state index in [1.54, 1.807) is 0 Å². The molecule has 0 saturated heterocycles. The summed E-state index contributed by atoms with van der Waals surface area (Å²) in [6, 6.07) is 41.0. The van der Waals surface area contributed by atoms with E-state index in [4.69, 9.17) is 0 Å². The number of benzene rings is 5. The summed E-state index contributed by atoms with van der Waals surface area (Å²) in [7, 11) is 0. The molecule has 0 amide bonds. The van der Waals surface area contributed by atoms with E-state index in [1.807, 2.05) is 0 Å². The first-order valence-corrected chi connectivity index (χ1v) is 14.5. The molecule has 0 fully saturated rings. The van der Waals surface area contributed by atoms with Crippen LogP contribution in [0.4, 0.5) is 11.4 Å². The topological polar surface area (TPSA) is 12.0 Å². The minimum absolute atomic E-state index is 0.0615. The Morgan fingerprint density at radius 2 is 0.950 bits per heavy atom. The van der Waals surface area contributed by atoms with Gasteiger partial charge in [0.2, 0.25) is 0 Å². The Kier molecular flexibility index (Phi) is 5.26. The zero-order valence-corrected chi connectivity index (χ0v) is 24.4. The summed E-state index contributed by atoms with van der Waals surface area (Å²) in [6.07, 6.45) is 0. The SMILES string of the molecule is CC(C)(C)c1ccc2c(c1)C1(c3ccccc3-c3cc(Nc4ccccc4)ccc31)c1cc(C(C)(C)C)ccc1-2. The average molecular weight is 520 g/mol. The summed E-state index contributed by atoms with van der Waals surface area (Å²) in [6.45, 7) is 13.9. The molecule has 0 aromatic heterocycles. The zero-order chi connectivity index (χ0) is 27.9. The van der Waals surface area contributed by atoms with Crippen LogP contribution >= 0.6 is 0 Å². The number of para-hydroxylation sites is 1. The first-order valence-electron chi connectivity index (χ1n) is 14.5. The third-order valence-electron chi connectivity index (χ3n) is 8.98. The molecule has 1 nitrogen and oxygen atoms in total. The number of nitrogens with one attached hydrogen (secondary N) is 1. The molecule has 0 saturated carbocycles. The van der Waals surface area contributed by atoms with Gasteiger partial charge < -0.3 is 5.32 Å². The first-order chi connectivity index (χ1) is 19.1. The fourth-order valence-electron chi connectivity index (χ4n) is 6.89. The Labute approximate surface area is 238 Å². The van der Waals surface area contributed by atoms with Crippen molar-refractivity contribution < 1.29 is 0 Å². The molecule has 0 bridgehead atoms. The maximum atomic E-state index is 3.64. The van der Waals surface area contributed by atoms with Crippen molar-refractivity contribution in [1.29, 1.82) is 0 Å². The second kappa shape index (κ2) is 8.45. The summed E-state index contributed by atoms with van der Waals surface area (Å²) in [5.74, 6) is 0. The van der Waals surface area contributed by atoms with Crippen molar-refractivity contribution in [3.63, 3.8) is 0 Å². The number of anilines is 2. The molecule has 1 N–H and O–H groups in total. The van der Waals surface area contributed by atoms with Crippen LogP contribution in [0.5, 0.6) is 0 Å². The second-order valence-corrected chi connectivity index (χ2v) is 13.6. The summed E-state index contributed by atoms with van der Waals surface area (Å²) >= 11 is 0. The molecule has 1 spiro atoms. The Morgan fingerprint density at radius 3 is 1.55 bits per heavy atom. The van der Waals surface area contributed by atoms with Crippen molar-refractivity contribution >= 4 is 11.4 Å². The number of rotatable bonds is 2. The maximum Gasteiger partial charge on any atom is 0.0725 e. The molecule has 0 heterocycles. The first kappa shape index (κ1) is 24.9. The van der Waals surface area contributed by atoms with Crippen molar-refractivity contribution in [3.05, 3.63) is 143 Å². The van der Waals surface area contributed by atoms with Crippen LogP contribution in [-0.2, 0) is 16.2 Å². The third-order valence-corrected chi connectivity index (χ3v) is 8.98. The van der Waals surface area contributed by atoms with Gasteiger partial charge in [0.05, 0.1) is 5.41 Å². The molecular formula is C39H37N. The molecule has 5 aromatic carbocycles.